The van der Waals surface area contributed by atoms with E-state index in [1.807, 2.05) is 24.3 Å². The van der Waals surface area contributed by atoms with Gasteiger partial charge in [0.25, 0.3) is 5.56 Å². The highest BCUT2D eigenvalue weighted by Gasteiger charge is 2.08. The van der Waals surface area contributed by atoms with Crippen LogP contribution in [-0.2, 0) is 6.61 Å². The number of hydrogen-bond donors (Lipinski definition) is 2. The highest BCUT2D eigenvalue weighted by molar-refractivity contribution is 5.85. The number of hydrogen-bond acceptors (Lipinski definition) is 4. The molecule has 2 rings (SSSR count). The monoisotopic (exact) mass is 288 g/mol. The van der Waals surface area contributed by atoms with E-state index in [4.69, 9.17) is 9.84 Å². The Morgan fingerprint density at radius 2 is 2.00 bits per heavy atom. The molecule has 0 atom stereocenters. The Bertz CT molecular complexity index is 690. The van der Waals surface area contributed by atoms with Crippen LogP contribution in [0.2, 0.25) is 0 Å². The molecular formula is C15H16N2O4. The lowest BCUT2D eigenvalue weighted by molar-refractivity contribution is 0.0689. The number of aromatic amines is 1. The number of ether oxygens (including phenoxy) is 1. The smallest absolute Gasteiger partial charge is 0.354 e. The standard InChI is InChI=1S/C15H16N2O4/c1-9(2)10-3-5-11(6-4-10)21-8-13-16-12(15(19)20)7-14(18)17-13/h3-7,9H,8H2,1-2H3,(H,19,20)(H,16,17,18). The number of carboxylic acid groups (broad SMARTS) is 1. The van der Waals surface area contributed by atoms with Gasteiger partial charge in [0.05, 0.1) is 0 Å². The fraction of sp³-hybridized carbons (Fsp3) is 0.267. The number of nitrogens with zero attached hydrogens (tertiary/aromatic N) is 1. The average molecular weight is 288 g/mol. The molecule has 0 aliphatic rings. The Morgan fingerprint density at radius 1 is 1.33 bits per heavy atom. The van der Waals surface area contributed by atoms with Crippen LogP contribution in [0.15, 0.2) is 35.1 Å². The van der Waals surface area contributed by atoms with Crippen LogP contribution in [0.3, 0.4) is 0 Å². The molecule has 0 bridgehead atoms. The number of aromatic nitrogens is 2. The van der Waals surface area contributed by atoms with Crippen molar-refractivity contribution in [1.82, 2.24) is 9.97 Å². The largest absolute Gasteiger partial charge is 0.486 e. The van der Waals surface area contributed by atoms with E-state index in [1.54, 1.807) is 0 Å². The second kappa shape index (κ2) is 6.21. The minimum atomic E-state index is -1.25. The summed E-state index contributed by atoms with van der Waals surface area (Å²) in [5.74, 6) is -0.0106. The predicted octanol–water partition coefficient (Wildman–Crippen LogP) is 2.17. The fourth-order valence-electron chi connectivity index (χ4n) is 1.79. The van der Waals surface area contributed by atoms with E-state index in [9.17, 15) is 9.59 Å². The number of rotatable bonds is 5. The second-order valence-electron chi connectivity index (χ2n) is 4.89. The summed E-state index contributed by atoms with van der Waals surface area (Å²) in [6, 6.07) is 8.51. The second-order valence-corrected chi connectivity index (χ2v) is 4.89. The van der Waals surface area contributed by atoms with E-state index in [0.29, 0.717) is 11.7 Å². The summed E-state index contributed by atoms with van der Waals surface area (Å²) < 4.78 is 5.49. The predicted molar refractivity (Wildman–Crippen MR) is 76.7 cm³/mol. The van der Waals surface area contributed by atoms with Crippen LogP contribution in [-0.4, -0.2) is 21.0 Å². The van der Waals surface area contributed by atoms with Gasteiger partial charge in [-0.15, -0.1) is 0 Å². The Hall–Kier alpha value is -2.63. The van der Waals surface area contributed by atoms with Crippen molar-refractivity contribution in [3.05, 3.63) is 57.8 Å². The molecule has 0 aliphatic heterocycles. The summed E-state index contributed by atoms with van der Waals surface area (Å²) in [5, 5.41) is 8.85. The van der Waals surface area contributed by atoms with Crippen LogP contribution in [0.1, 0.15) is 41.6 Å². The third-order valence-electron chi connectivity index (χ3n) is 2.93. The van der Waals surface area contributed by atoms with Gasteiger partial charge in [0.1, 0.15) is 18.2 Å². The molecule has 0 spiro atoms. The number of aromatic carboxylic acids is 1. The molecule has 0 saturated heterocycles. The molecule has 2 aromatic rings. The fourth-order valence-corrected chi connectivity index (χ4v) is 1.79. The molecule has 6 heteroatoms. The molecule has 0 amide bonds. The van der Waals surface area contributed by atoms with Gasteiger partial charge < -0.3 is 14.8 Å². The Balaban J connectivity index is 2.09. The SMILES string of the molecule is CC(C)c1ccc(OCc2nc(C(=O)O)cc(=O)[nH]2)cc1. The van der Waals surface area contributed by atoms with Crippen molar-refractivity contribution in [2.75, 3.05) is 0 Å². The molecule has 110 valence electrons. The maximum absolute atomic E-state index is 11.3. The summed E-state index contributed by atoms with van der Waals surface area (Å²) in [7, 11) is 0. The normalized spacial score (nSPS) is 10.6. The number of carboxylic acids is 1. The van der Waals surface area contributed by atoms with Crippen LogP contribution in [0.5, 0.6) is 5.75 Å². The zero-order chi connectivity index (χ0) is 15.4. The Kier molecular flexibility index (Phi) is 4.37. The molecule has 0 saturated carbocycles. The van der Waals surface area contributed by atoms with Crippen molar-refractivity contribution in [1.29, 1.82) is 0 Å². The topological polar surface area (TPSA) is 92.3 Å². The molecule has 1 aromatic carbocycles. The first-order valence-corrected chi connectivity index (χ1v) is 6.52. The molecule has 0 unspecified atom stereocenters. The van der Waals surface area contributed by atoms with Crippen LogP contribution >= 0.6 is 0 Å². The van der Waals surface area contributed by atoms with Crippen molar-refractivity contribution in [2.24, 2.45) is 0 Å². The van der Waals surface area contributed by atoms with Crippen molar-refractivity contribution < 1.29 is 14.6 Å². The first-order chi connectivity index (χ1) is 9.95. The minimum Gasteiger partial charge on any atom is -0.486 e. The van der Waals surface area contributed by atoms with Gasteiger partial charge in [0, 0.05) is 6.07 Å². The number of H-pyrrole nitrogens is 1. The van der Waals surface area contributed by atoms with Gasteiger partial charge in [0.15, 0.2) is 5.69 Å². The summed E-state index contributed by atoms with van der Waals surface area (Å²) in [4.78, 5) is 28.4. The van der Waals surface area contributed by atoms with Crippen molar-refractivity contribution in [3.8, 4) is 5.75 Å². The molecule has 2 N–H and O–H groups in total. The molecule has 1 heterocycles. The van der Waals surface area contributed by atoms with Gasteiger partial charge in [-0.2, -0.15) is 0 Å². The zero-order valence-electron chi connectivity index (χ0n) is 11.8. The van der Waals surface area contributed by atoms with E-state index in [0.717, 1.165) is 6.07 Å². The Labute approximate surface area is 121 Å². The first kappa shape index (κ1) is 14.8. The zero-order valence-corrected chi connectivity index (χ0v) is 11.8. The summed E-state index contributed by atoms with van der Waals surface area (Å²) in [5.41, 5.74) is 0.380. The van der Waals surface area contributed by atoms with Crippen LogP contribution in [0.4, 0.5) is 0 Å². The lowest BCUT2D eigenvalue weighted by atomic mass is 10.0. The van der Waals surface area contributed by atoms with E-state index in [1.165, 1.54) is 5.56 Å². The van der Waals surface area contributed by atoms with E-state index in [2.05, 4.69) is 23.8 Å². The van der Waals surface area contributed by atoms with E-state index < -0.39 is 11.5 Å². The molecule has 6 nitrogen and oxygen atoms in total. The summed E-state index contributed by atoms with van der Waals surface area (Å²) in [6.07, 6.45) is 0. The number of benzene rings is 1. The lowest BCUT2D eigenvalue weighted by Gasteiger charge is -2.08. The van der Waals surface area contributed by atoms with Gasteiger partial charge in [-0.05, 0) is 23.6 Å². The highest BCUT2D eigenvalue weighted by atomic mass is 16.5. The van der Waals surface area contributed by atoms with Gasteiger partial charge in [0.2, 0.25) is 0 Å². The third kappa shape index (κ3) is 3.92. The molecule has 0 fully saturated rings. The maximum Gasteiger partial charge on any atom is 0.354 e. The van der Waals surface area contributed by atoms with Gasteiger partial charge in [-0.25, -0.2) is 9.78 Å². The number of carbonyl (C=O) groups is 1. The average Bonchev–Trinajstić information content (AvgIpc) is 2.45. The van der Waals surface area contributed by atoms with Gasteiger partial charge >= 0.3 is 5.97 Å². The van der Waals surface area contributed by atoms with Crippen molar-refractivity contribution >= 4 is 5.97 Å². The van der Waals surface area contributed by atoms with E-state index >= 15 is 0 Å². The van der Waals surface area contributed by atoms with E-state index in [-0.39, 0.29) is 18.1 Å². The van der Waals surface area contributed by atoms with Crippen LogP contribution in [0, 0.1) is 0 Å². The van der Waals surface area contributed by atoms with Crippen LogP contribution < -0.4 is 10.3 Å². The maximum atomic E-state index is 11.3. The Morgan fingerprint density at radius 3 is 2.57 bits per heavy atom. The molecule has 21 heavy (non-hydrogen) atoms. The molecule has 0 aliphatic carbocycles. The molecule has 0 radical (unpaired) electrons. The third-order valence-corrected chi connectivity index (χ3v) is 2.93. The molecular weight excluding hydrogens is 272 g/mol. The van der Waals surface area contributed by atoms with Crippen molar-refractivity contribution in [3.63, 3.8) is 0 Å². The van der Waals surface area contributed by atoms with Gasteiger partial charge in [-0.1, -0.05) is 26.0 Å². The van der Waals surface area contributed by atoms with Gasteiger partial charge in [-0.3, -0.25) is 4.79 Å². The lowest BCUT2D eigenvalue weighted by Crippen LogP contribution is -2.17. The minimum absolute atomic E-state index is 0.00259. The summed E-state index contributed by atoms with van der Waals surface area (Å²) >= 11 is 0. The molecule has 1 aromatic heterocycles. The quantitative estimate of drug-likeness (QED) is 0.879. The summed E-state index contributed by atoms with van der Waals surface area (Å²) in [6.45, 7) is 4.20. The van der Waals surface area contributed by atoms with Crippen LogP contribution in [0.25, 0.3) is 0 Å². The first-order valence-electron chi connectivity index (χ1n) is 6.52. The van der Waals surface area contributed by atoms with Crippen molar-refractivity contribution in [2.45, 2.75) is 26.4 Å². The highest BCUT2D eigenvalue weighted by Crippen LogP contribution is 2.18. The number of nitrogens with one attached hydrogen (secondary N) is 1.